The number of amides is 1. The first-order valence-electron chi connectivity index (χ1n) is 6.96. The minimum atomic E-state index is -0.716. The van der Waals surface area contributed by atoms with Crippen LogP contribution in [0.4, 0.5) is 10.1 Å². The summed E-state index contributed by atoms with van der Waals surface area (Å²) in [5.74, 6) is -1.39. The third-order valence-electron chi connectivity index (χ3n) is 2.94. The van der Waals surface area contributed by atoms with Crippen LogP contribution in [0.2, 0.25) is 0 Å². The fraction of sp³-hybridized carbons (Fsp3) is 0.0556. The molecule has 0 heterocycles. The van der Waals surface area contributed by atoms with E-state index in [0.717, 1.165) is 0 Å². The second-order valence-corrected chi connectivity index (χ2v) is 4.77. The molecule has 0 saturated heterocycles. The highest BCUT2D eigenvalue weighted by Gasteiger charge is 2.11. The first-order valence-corrected chi connectivity index (χ1v) is 6.96. The molecule has 5 nitrogen and oxygen atoms in total. The number of carbonyl (C=O) groups excluding carboxylic acids is 2. The van der Waals surface area contributed by atoms with Crippen LogP contribution in [-0.4, -0.2) is 11.9 Å². The smallest absolute Gasteiger partial charge is 0.308 e. The summed E-state index contributed by atoms with van der Waals surface area (Å²) in [6.45, 7) is 1.29. The quantitative estimate of drug-likeness (QED) is 0.405. The van der Waals surface area contributed by atoms with Crippen molar-refractivity contribution in [2.24, 2.45) is 0 Å². The fourth-order valence-corrected chi connectivity index (χ4v) is 1.87. The number of halogens is 1. The van der Waals surface area contributed by atoms with Crippen LogP contribution >= 0.6 is 0 Å². The zero-order valence-corrected chi connectivity index (χ0v) is 12.7. The molecule has 0 aliphatic carbocycles. The van der Waals surface area contributed by atoms with Gasteiger partial charge in [0, 0.05) is 6.92 Å². The topological polar surface area (TPSA) is 79.2 Å². The Kier molecular flexibility index (Phi) is 5.42. The van der Waals surface area contributed by atoms with E-state index in [1.165, 1.54) is 43.3 Å². The molecule has 1 amide bonds. The van der Waals surface area contributed by atoms with Crippen LogP contribution in [0.3, 0.4) is 0 Å². The van der Waals surface area contributed by atoms with Crippen molar-refractivity contribution in [1.29, 1.82) is 5.26 Å². The molecule has 0 saturated carbocycles. The number of nitrogens with one attached hydrogen (secondary N) is 1. The van der Waals surface area contributed by atoms with Gasteiger partial charge in [-0.25, -0.2) is 4.39 Å². The highest BCUT2D eigenvalue weighted by Crippen LogP contribution is 2.17. The Hall–Kier alpha value is -3.46. The van der Waals surface area contributed by atoms with E-state index in [-0.39, 0.29) is 11.3 Å². The Morgan fingerprint density at radius 3 is 2.42 bits per heavy atom. The number of esters is 1. The van der Waals surface area contributed by atoms with E-state index in [1.54, 1.807) is 24.3 Å². The van der Waals surface area contributed by atoms with Crippen molar-refractivity contribution in [2.45, 2.75) is 6.92 Å². The minimum Gasteiger partial charge on any atom is -0.427 e. The van der Waals surface area contributed by atoms with Gasteiger partial charge in [-0.05, 0) is 35.9 Å². The number of nitriles is 1. The van der Waals surface area contributed by atoms with Gasteiger partial charge in [0.05, 0.1) is 5.69 Å². The summed E-state index contributed by atoms with van der Waals surface area (Å²) < 4.78 is 18.4. The molecule has 6 heteroatoms. The maximum Gasteiger partial charge on any atom is 0.308 e. The van der Waals surface area contributed by atoms with Crippen molar-refractivity contribution in [1.82, 2.24) is 0 Å². The summed E-state index contributed by atoms with van der Waals surface area (Å²) in [7, 11) is 0. The van der Waals surface area contributed by atoms with Gasteiger partial charge < -0.3 is 10.1 Å². The van der Waals surface area contributed by atoms with E-state index in [9.17, 15) is 14.0 Å². The lowest BCUT2D eigenvalue weighted by Gasteiger charge is -2.05. The van der Waals surface area contributed by atoms with Crippen LogP contribution in [0.25, 0.3) is 6.08 Å². The predicted octanol–water partition coefficient (Wildman–Crippen LogP) is 3.30. The molecule has 120 valence electrons. The molecule has 0 aliphatic rings. The van der Waals surface area contributed by atoms with Gasteiger partial charge in [0.2, 0.25) is 0 Å². The van der Waals surface area contributed by atoms with E-state index < -0.39 is 17.7 Å². The van der Waals surface area contributed by atoms with Crippen molar-refractivity contribution in [3.05, 3.63) is 65.5 Å². The second-order valence-electron chi connectivity index (χ2n) is 4.77. The van der Waals surface area contributed by atoms with E-state index in [4.69, 9.17) is 10.00 Å². The molecule has 0 spiro atoms. The Balaban J connectivity index is 2.16. The van der Waals surface area contributed by atoms with E-state index in [1.807, 2.05) is 0 Å². The lowest BCUT2D eigenvalue weighted by atomic mass is 10.1. The van der Waals surface area contributed by atoms with Crippen molar-refractivity contribution in [2.75, 3.05) is 5.32 Å². The van der Waals surface area contributed by atoms with Gasteiger partial charge in [-0.15, -0.1) is 0 Å². The van der Waals surface area contributed by atoms with Crippen molar-refractivity contribution in [3.8, 4) is 11.8 Å². The number of hydrogen-bond acceptors (Lipinski definition) is 4. The average Bonchev–Trinajstić information content (AvgIpc) is 2.55. The van der Waals surface area contributed by atoms with Gasteiger partial charge in [-0.3, -0.25) is 9.59 Å². The molecule has 2 aromatic rings. The maximum atomic E-state index is 13.5. The van der Waals surface area contributed by atoms with Crippen molar-refractivity contribution >= 4 is 23.6 Å². The number of rotatable bonds is 4. The van der Waals surface area contributed by atoms with Gasteiger partial charge in [0.15, 0.2) is 0 Å². The largest absolute Gasteiger partial charge is 0.427 e. The number of nitrogens with zero attached hydrogens (tertiary/aromatic N) is 1. The minimum absolute atomic E-state index is 0.00569. The average molecular weight is 324 g/mol. The number of benzene rings is 2. The normalized spacial score (nSPS) is 10.6. The third-order valence-corrected chi connectivity index (χ3v) is 2.94. The van der Waals surface area contributed by atoms with Gasteiger partial charge in [0.1, 0.15) is 23.2 Å². The van der Waals surface area contributed by atoms with Crippen LogP contribution in [0.1, 0.15) is 12.5 Å². The predicted molar refractivity (Wildman–Crippen MR) is 86.4 cm³/mol. The fourth-order valence-electron chi connectivity index (χ4n) is 1.87. The van der Waals surface area contributed by atoms with Crippen LogP contribution in [0, 0.1) is 17.1 Å². The highest BCUT2D eigenvalue weighted by atomic mass is 19.1. The molecule has 0 aromatic heterocycles. The molecule has 0 radical (unpaired) electrons. The molecule has 0 aliphatic heterocycles. The Morgan fingerprint density at radius 2 is 1.83 bits per heavy atom. The van der Waals surface area contributed by atoms with Gasteiger partial charge >= 0.3 is 5.97 Å². The van der Waals surface area contributed by atoms with Gasteiger partial charge in [-0.2, -0.15) is 5.26 Å². The molecular formula is C18H13FN2O3. The zero-order valence-electron chi connectivity index (χ0n) is 12.7. The number of para-hydroxylation sites is 1. The summed E-state index contributed by atoms with van der Waals surface area (Å²) in [5, 5.41) is 11.5. The van der Waals surface area contributed by atoms with Gasteiger partial charge in [0.25, 0.3) is 5.91 Å². The SMILES string of the molecule is CC(=O)Oc1ccc(/C=C(\C#N)C(=O)Nc2ccccc2F)cc1. The molecule has 2 rings (SSSR count). The molecule has 0 bridgehead atoms. The van der Waals surface area contributed by atoms with Crippen molar-refractivity contribution < 1.29 is 18.7 Å². The lowest BCUT2D eigenvalue weighted by Crippen LogP contribution is -2.14. The summed E-state index contributed by atoms with van der Waals surface area (Å²) in [6.07, 6.45) is 1.35. The van der Waals surface area contributed by atoms with Crippen LogP contribution in [0.5, 0.6) is 5.75 Å². The van der Waals surface area contributed by atoms with E-state index >= 15 is 0 Å². The second kappa shape index (κ2) is 7.70. The molecule has 0 unspecified atom stereocenters. The summed E-state index contributed by atoms with van der Waals surface area (Å²) in [6, 6.07) is 13.7. The Bertz CT molecular complexity index is 836. The maximum absolute atomic E-state index is 13.5. The number of carbonyl (C=O) groups is 2. The first kappa shape index (κ1) is 16.9. The van der Waals surface area contributed by atoms with Crippen LogP contribution < -0.4 is 10.1 Å². The summed E-state index contributed by atoms with van der Waals surface area (Å²) in [4.78, 5) is 22.9. The zero-order chi connectivity index (χ0) is 17.5. The third kappa shape index (κ3) is 4.52. The summed E-state index contributed by atoms with van der Waals surface area (Å²) >= 11 is 0. The van der Waals surface area contributed by atoms with E-state index in [2.05, 4.69) is 5.32 Å². The molecule has 0 atom stereocenters. The van der Waals surface area contributed by atoms with Crippen molar-refractivity contribution in [3.63, 3.8) is 0 Å². The first-order chi connectivity index (χ1) is 11.5. The Labute approximate surface area is 138 Å². The summed E-state index contributed by atoms with van der Waals surface area (Å²) in [5.41, 5.74) is 0.374. The standard InChI is InChI=1S/C18H13FN2O3/c1-12(22)24-15-8-6-13(7-9-15)10-14(11-20)18(23)21-17-5-3-2-4-16(17)19/h2-10H,1H3,(H,21,23)/b14-10+. The molecule has 0 fully saturated rings. The Morgan fingerprint density at radius 1 is 1.17 bits per heavy atom. The monoisotopic (exact) mass is 324 g/mol. The van der Waals surface area contributed by atoms with E-state index in [0.29, 0.717) is 11.3 Å². The number of hydrogen-bond donors (Lipinski definition) is 1. The van der Waals surface area contributed by atoms with Gasteiger partial charge in [-0.1, -0.05) is 24.3 Å². The number of anilines is 1. The lowest BCUT2D eigenvalue weighted by molar-refractivity contribution is -0.131. The highest BCUT2D eigenvalue weighted by molar-refractivity contribution is 6.09. The van der Waals surface area contributed by atoms with Crippen LogP contribution in [0.15, 0.2) is 54.1 Å². The molecule has 1 N–H and O–H groups in total. The number of ether oxygens (including phenoxy) is 1. The van der Waals surface area contributed by atoms with Crippen LogP contribution in [-0.2, 0) is 9.59 Å². The molecule has 2 aromatic carbocycles. The molecule has 24 heavy (non-hydrogen) atoms. The molecular weight excluding hydrogens is 311 g/mol.